The Morgan fingerprint density at radius 1 is 1.27 bits per heavy atom. The molecule has 3 rings (SSSR count). The van der Waals surface area contributed by atoms with Crippen molar-refractivity contribution in [2.45, 2.75) is 51.6 Å². The molecule has 0 radical (unpaired) electrons. The van der Waals surface area contributed by atoms with Crippen molar-refractivity contribution in [2.75, 3.05) is 26.2 Å². The first kappa shape index (κ1) is 15.6. The van der Waals surface area contributed by atoms with E-state index in [1.54, 1.807) is 0 Å². The molecular formula is C17H27N3O2. The summed E-state index contributed by atoms with van der Waals surface area (Å²) in [5.74, 6) is 0.122. The van der Waals surface area contributed by atoms with Crippen molar-refractivity contribution >= 4 is 5.91 Å². The van der Waals surface area contributed by atoms with Crippen LogP contribution in [0.2, 0.25) is 0 Å². The summed E-state index contributed by atoms with van der Waals surface area (Å²) in [6.07, 6.45) is 4.61. The Labute approximate surface area is 132 Å². The number of β-amino-alcohol motifs (C(OH)–C–C–N with tert-alkyl or cyclic N) is 1. The predicted octanol–water partition coefficient (Wildman–Crippen LogP) is 1.42. The van der Waals surface area contributed by atoms with Gasteiger partial charge in [-0.1, -0.05) is 0 Å². The van der Waals surface area contributed by atoms with Gasteiger partial charge in [-0.05, 0) is 51.2 Å². The van der Waals surface area contributed by atoms with Gasteiger partial charge in [-0.2, -0.15) is 0 Å². The Balaban J connectivity index is 1.71. The van der Waals surface area contributed by atoms with Crippen LogP contribution in [-0.2, 0) is 12.8 Å². The first-order valence-corrected chi connectivity index (χ1v) is 8.46. The minimum Gasteiger partial charge on any atom is -0.395 e. The lowest BCUT2D eigenvalue weighted by Gasteiger charge is -2.44. The number of nitrogens with one attached hydrogen (secondary N) is 1. The largest absolute Gasteiger partial charge is 0.395 e. The first-order chi connectivity index (χ1) is 10.6. The quantitative estimate of drug-likeness (QED) is 0.888. The lowest BCUT2D eigenvalue weighted by molar-refractivity contribution is 0.0233. The number of fused-ring (bicyclic) bond motifs is 1. The molecular weight excluding hydrogens is 278 g/mol. The average molecular weight is 305 g/mol. The van der Waals surface area contributed by atoms with Gasteiger partial charge >= 0.3 is 0 Å². The van der Waals surface area contributed by atoms with Crippen LogP contribution in [0.1, 0.15) is 48.4 Å². The number of carbonyl (C=O) groups is 1. The Morgan fingerprint density at radius 3 is 2.59 bits per heavy atom. The summed E-state index contributed by atoms with van der Waals surface area (Å²) in [5, 5.41) is 9.17. The van der Waals surface area contributed by atoms with Crippen molar-refractivity contribution in [1.82, 2.24) is 14.8 Å². The van der Waals surface area contributed by atoms with Crippen LogP contribution in [0.5, 0.6) is 0 Å². The van der Waals surface area contributed by atoms with Gasteiger partial charge < -0.3 is 15.0 Å². The number of aromatic amines is 1. The molecule has 5 nitrogen and oxygen atoms in total. The number of aliphatic hydroxyl groups is 1. The molecule has 0 bridgehead atoms. The normalized spacial score (nSPS) is 26.0. The third-order valence-electron chi connectivity index (χ3n) is 5.09. The Morgan fingerprint density at radius 2 is 1.95 bits per heavy atom. The molecule has 1 fully saturated rings. The van der Waals surface area contributed by atoms with E-state index in [9.17, 15) is 9.90 Å². The van der Waals surface area contributed by atoms with E-state index >= 15 is 0 Å². The van der Waals surface area contributed by atoms with E-state index in [4.69, 9.17) is 0 Å². The van der Waals surface area contributed by atoms with E-state index in [0.29, 0.717) is 6.54 Å². The zero-order valence-electron chi connectivity index (χ0n) is 13.6. The summed E-state index contributed by atoms with van der Waals surface area (Å²) in [6.45, 7) is 6.57. The van der Waals surface area contributed by atoms with Gasteiger partial charge in [0.25, 0.3) is 5.91 Å². The standard InChI is InChI=1S/C17H27N3O2/c1-12-10-19(11-13(2)20(12)7-8-21)17(22)16-9-14-5-3-4-6-15(14)18-16/h9,12-13,18,21H,3-8,10-11H2,1-2H3/t12-,13+. The number of amides is 1. The highest BCUT2D eigenvalue weighted by molar-refractivity contribution is 5.93. The zero-order chi connectivity index (χ0) is 15.7. The smallest absolute Gasteiger partial charge is 0.270 e. The van der Waals surface area contributed by atoms with E-state index < -0.39 is 0 Å². The predicted molar refractivity (Wildman–Crippen MR) is 86.1 cm³/mol. The number of aromatic nitrogens is 1. The molecule has 2 N–H and O–H groups in total. The van der Waals surface area contributed by atoms with Gasteiger partial charge in [0.15, 0.2) is 0 Å². The molecule has 122 valence electrons. The number of hydrogen-bond acceptors (Lipinski definition) is 3. The molecule has 5 heteroatoms. The van der Waals surface area contributed by atoms with Crippen molar-refractivity contribution in [3.05, 3.63) is 23.0 Å². The van der Waals surface area contributed by atoms with E-state index in [0.717, 1.165) is 31.6 Å². The highest BCUT2D eigenvalue weighted by Gasteiger charge is 2.32. The summed E-state index contributed by atoms with van der Waals surface area (Å²) in [6, 6.07) is 2.63. The Kier molecular flexibility index (Phi) is 4.54. The lowest BCUT2D eigenvalue weighted by atomic mass is 9.98. The molecule has 0 spiro atoms. The molecule has 1 amide bonds. The van der Waals surface area contributed by atoms with E-state index in [1.807, 2.05) is 4.90 Å². The van der Waals surface area contributed by atoms with Gasteiger partial charge in [0.1, 0.15) is 5.69 Å². The van der Waals surface area contributed by atoms with E-state index in [1.165, 1.54) is 24.1 Å². The molecule has 1 aliphatic heterocycles. The number of rotatable bonds is 3. The van der Waals surface area contributed by atoms with E-state index in [-0.39, 0.29) is 24.6 Å². The second-order valence-electron chi connectivity index (χ2n) is 6.76. The molecule has 0 aromatic carbocycles. The van der Waals surface area contributed by atoms with Crippen molar-refractivity contribution in [3.8, 4) is 0 Å². The molecule has 1 aromatic rings. The lowest BCUT2D eigenvalue weighted by Crippen LogP contribution is -2.58. The average Bonchev–Trinajstić information content (AvgIpc) is 2.94. The van der Waals surface area contributed by atoms with Crippen molar-refractivity contribution < 1.29 is 9.90 Å². The fraction of sp³-hybridized carbons (Fsp3) is 0.706. The fourth-order valence-electron chi connectivity index (χ4n) is 3.97. The highest BCUT2D eigenvalue weighted by Crippen LogP contribution is 2.23. The number of piperazine rings is 1. The maximum atomic E-state index is 12.8. The molecule has 22 heavy (non-hydrogen) atoms. The minimum absolute atomic E-state index is 0.122. The molecule has 1 aliphatic carbocycles. The number of aliphatic hydroxyl groups excluding tert-OH is 1. The second-order valence-corrected chi connectivity index (χ2v) is 6.76. The van der Waals surface area contributed by atoms with Crippen LogP contribution in [0, 0.1) is 0 Å². The number of nitrogens with zero attached hydrogens (tertiary/aromatic N) is 2. The highest BCUT2D eigenvalue weighted by atomic mass is 16.3. The van der Waals surface area contributed by atoms with Gasteiger partial charge in [0.2, 0.25) is 0 Å². The minimum atomic E-state index is 0.122. The van der Waals surface area contributed by atoms with Crippen LogP contribution in [0.15, 0.2) is 6.07 Å². The summed E-state index contributed by atoms with van der Waals surface area (Å²) in [7, 11) is 0. The summed E-state index contributed by atoms with van der Waals surface area (Å²) >= 11 is 0. The van der Waals surface area contributed by atoms with Gasteiger partial charge in [-0.15, -0.1) is 0 Å². The van der Waals surface area contributed by atoms with Crippen LogP contribution < -0.4 is 0 Å². The van der Waals surface area contributed by atoms with Gasteiger partial charge in [-0.3, -0.25) is 9.69 Å². The van der Waals surface area contributed by atoms with Gasteiger partial charge in [0.05, 0.1) is 6.61 Å². The third-order valence-corrected chi connectivity index (χ3v) is 5.09. The Hall–Kier alpha value is -1.33. The third kappa shape index (κ3) is 2.92. The molecule has 2 aliphatic rings. The maximum absolute atomic E-state index is 12.8. The van der Waals surface area contributed by atoms with Gasteiger partial charge in [-0.25, -0.2) is 0 Å². The second kappa shape index (κ2) is 6.42. The van der Waals surface area contributed by atoms with Crippen LogP contribution >= 0.6 is 0 Å². The monoisotopic (exact) mass is 305 g/mol. The Bertz CT molecular complexity index is 505. The fourth-order valence-corrected chi connectivity index (χ4v) is 3.97. The van der Waals surface area contributed by atoms with Crippen LogP contribution in [0.4, 0.5) is 0 Å². The number of H-pyrrole nitrogens is 1. The molecule has 1 aromatic heterocycles. The molecule has 1 saturated heterocycles. The van der Waals surface area contributed by atoms with Crippen LogP contribution in [-0.4, -0.2) is 64.1 Å². The van der Waals surface area contributed by atoms with E-state index in [2.05, 4.69) is 29.8 Å². The topological polar surface area (TPSA) is 59.6 Å². The zero-order valence-corrected chi connectivity index (χ0v) is 13.6. The maximum Gasteiger partial charge on any atom is 0.270 e. The first-order valence-electron chi connectivity index (χ1n) is 8.46. The van der Waals surface area contributed by atoms with Crippen LogP contribution in [0.25, 0.3) is 0 Å². The molecule has 0 saturated carbocycles. The number of aryl methyl sites for hydroxylation is 2. The SMILES string of the molecule is C[C@@H]1CN(C(=O)c2cc3c([nH]2)CCCC3)C[C@H](C)N1CCO. The van der Waals surface area contributed by atoms with Crippen molar-refractivity contribution in [1.29, 1.82) is 0 Å². The summed E-state index contributed by atoms with van der Waals surface area (Å²) < 4.78 is 0. The molecule has 0 unspecified atom stereocenters. The molecule has 2 atom stereocenters. The number of hydrogen-bond donors (Lipinski definition) is 2. The van der Waals surface area contributed by atoms with Crippen LogP contribution in [0.3, 0.4) is 0 Å². The summed E-state index contributed by atoms with van der Waals surface area (Å²) in [5.41, 5.74) is 3.34. The molecule has 2 heterocycles. The van der Waals surface area contributed by atoms with Crippen molar-refractivity contribution in [2.24, 2.45) is 0 Å². The summed E-state index contributed by atoms with van der Waals surface area (Å²) in [4.78, 5) is 20.4. The van der Waals surface area contributed by atoms with Crippen molar-refractivity contribution in [3.63, 3.8) is 0 Å². The van der Waals surface area contributed by atoms with Gasteiger partial charge in [0, 0.05) is 37.4 Å². The number of carbonyl (C=O) groups excluding carboxylic acids is 1.